The first kappa shape index (κ1) is 18.3. The van der Waals surface area contributed by atoms with Crippen molar-refractivity contribution in [3.8, 4) is 0 Å². The molecule has 130 valence electrons. The van der Waals surface area contributed by atoms with Crippen LogP contribution in [0.4, 0.5) is 8.78 Å². The van der Waals surface area contributed by atoms with Gasteiger partial charge >= 0.3 is 0 Å². The molecule has 0 saturated carbocycles. The number of nitrogens with zero attached hydrogens (tertiary/aromatic N) is 1. The molecule has 23 heavy (non-hydrogen) atoms. The first-order chi connectivity index (χ1) is 10.7. The summed E-state index contributed by atoms with van der Waals surface area (Å²) in [5.41, 5.74) is 0.328. The number of β-amino-alcohol motifs (C(OH)–C–C–N with tert-alkyl or cyclic N) is 1. The fraction of sp³-hybridized carbons (Fsp3) is 0.600. The summed E-state index contributed by atoms with van der Waals surface area (Å²) in [5.74, 6) is -2.26. The van der Waals surface area contributed by atoms with Crippen LogP contribution in [0.25, 0.3) is 0 Å². The normalized spacial score (nSPS) is 22.9. The maximum Gasteiger partial charge on any atom is 0.217 e. The minimum atomic E-state index is -3.68. The molecule has 0 aliphatic carbocycles. The Morgan fingerprint density at radius 3 is 2.65 bits per heavy atom. The molecule has 1 aromatic rings. The highest BCUT2D eigenvalue weighted by Gasteiger charge is 2.39. The molecule has 1 N–H and O–H groups in total. The van der Waals surface area contributed by atoms with Crippen LogP contribution in [0.15, 0.2) is 18.2 Å². The maximum absolute atomic E-state index is 13.4. The first-order valence-corrected chi connectivity index (χ1v) is 9.05. The predicted octanol–water partition coefficient (Wildman–Crippen LogP) is 1.83. The SMILES string of the molecule is CC(C)OCCS(=O)(=O)N1C[C@@H](O)C[C@H]1c1ccc(F)c(F)c1. The minimum Gasteiger partial charge on any atom is -0.392 e. The van der Waals surface area contributed by atoms with E-state index in [1.807, 2.05) is 0 Å². The maximum atomic E-state index is 13.4. The van der Waals surface area contributed by atoms with Gasteiger partial charge in [-0.25, -0.2) is 17.2 Å². The number of aliphatic hydroxyl groups excluding tert-OH is 1. The lowest BCUT2D eigenvalue weighted by molar-refractivity contribution is 0.0905. The summed E-state index contributed by atoms with van der Waals surface area (Å²) >= 11 is 0. The van der Waals surface area contributed by atoms with Gasteiger partial charge in [0.2, 0.25) is 10.0 Å². The quantitative estimate of drug-likeness (QED) is 0.851. The Hall–Kier alpha value is -1.09. The molecule has 2 atom stereocenters. The largest absolute Gasteiger partial charge is 0.392 e. The Morgan fingerprint density at radius 2 is 2.04 bits per heavy atom. The highest BCUT2D eigenvalue weighted by Crippen LogP contribution is 2.35. The Labute approximate surface area is 134 Å². The summed E-state index contributed by atoms with van der Waals surface area (Å²) in [6.45, 7) is 3.58. The third-order valence-corrected chi connectivity index (χ3v) is 5.51. The van der Waals surface area contributed by atoms with Crippen LogP contribution in [-0.2, 0) is 14.8 Å². The lowest BCUT2D eigenvalue weighted by Gasteiger charge is -2.24. The molecule has 0 spiro atoms. The van der Waals surface area contributed by atoms with Crippen molar-refractivity contribution < 1.29 is 27.0 Å². The van der Waals surface area contributed by atoms with Crippen molar-refractivity contribution in [3.05, 3.63) is 35.4 Å². The number of ether oxygens (including phenoxy) is 1. The monoisotopic (exact) mass is 349 g/mol. The Kier molecular flexibility index (Phi) is 5.72. The second-order valence-electron chi connectivity index (χ2n) is 5.88. The summed E-state index contributed by atoms with van der Waals surface area (Å²) in [6, 6.07) is 2.57. The van der Waals surface area contributed by atoms with Crippen molar-refractivity contribution in [2.45, 2.75) is 38.5 Å². The average molecular weight is 349 g/mol. The molecule has 0 amide bonds. The molecule has 0 bridgehead atoms. The summed E-state index contributed by atoms with van der Waals surface area (Å²) in [5, 5.41) is 9.83. The van der Waals surface area contributed by atoms with Gasteiger partial charge in [0.05, 0.1) is 30.6 Å². The van der Waals surface area contributed by atoms with E-state index in [9.17, 15) is 22.3 Å². The molecule has 1 heterocycles. The Morgan fingerprint density at radius 1 is 1.35 bits per heavy atom. The number of benzene rings is 1. The van der Waals surface area contributed by atoms with E-state index >= 15 is 0 Å². The van der Waals surface area contributed by atoms with Crippen molar-refractivity contribution in [2.24, 2.45) is 0 Å². The highest BCUT2D eigenvalue weighted by atomic mass is 32.2. The van der Waals surface area contributed by atoms with Crippen molar-refractivity contribution in [1.82, 2.24) is 4.31 Å². The summed E-state index contributed by atoms with van der Waals surface area (Å²) in [4.78, 5) is 0. The van der Waals surface area contributed by atoms with Gasteiger partial charge in [-0.15, -0.1) is 0 Å². The molecule has 5 nitrogen and oxygen atoms in total. The van der Waals surface area contributed by atoms with Gasteiger partial charge < -0.3 is 9.84 Å². The van der Waals surface area contributed by atoms with Crippen LogP contribution < -0.4 is 0 Å². The molecular formula is C15H21F2NO4S. The highest BCUT2D eigenvalue weighted by molar-refractivity contribution is 7.89. The van der Waals surface area contributed by atoms with Crippen LogP contribution in [0.2, 0.25) is 0 Å². The zero-order valence-electron chi connectivity index (χ0n) is 13.1. The van der Waals surface area contributed by atoms with E-state index in [4.69, 9.17) is 4.74 Å². The number of sulfonamides is 1. The van der Waals surface area contributed by atoms with Gasteiger partial charge in [-0.05, 0) is 38.0 Å². The van der Waals surface area contributed by atoms with Gasteiger partial charge in [-0.2, -0.15) is 4.31 Å². The number of halogens is 2. The van der Waals surface area contributed by atoms with E-state index < -0.39 is 33.8 Å². The van der Waals surface area contributed by atoms with Crippen molar-refractivity contribution in [1.29, 1.82) is 0 Å². The van der Waals surface area contributed by atoms with Crippen molar-refractivity contribution in [3.63, 3.8) is 0 Å². The molecule has 8 heteroatoms. The number of rotatable bonds is 6. The van der Waals surface area contributed by atoms with Gasteiger partial charge in [0, 0.05) is 6.54 Å². The van der Waals surface area contributed by atoms with Gasteiger partial charge in [-0.1, -0.05) is 6.07 Å². The molecule has 1 aliphatic heterocycles. The van der Waals surface area contributed by atoms with Gasteiger partial charge in [0.15, 0.2) is 11.6 Å². The summed E-state index contributed by atoms with van der Waals surface area (Å²) in [6.07, 6.45) is -0.778. The van der Waals surface area contributed by atoms with E-state index in [1.165, 1.54) is 6.07 Å². The first-order valence-electron chi connectivity index (χ1n) is 7.45. The molecule has 1 fully saturated rings. The lowest BCUT2D eigenvalue weighted by Crippen LogP contribution is -2.35. The number of aliphatic hydroxyl groups is 1. The minimum absolute atomic E-state index is 0.0388. The topological polar surface area (TPSA) is 66.8 Å². The molecule has 2 rings (SSSR count). The van der Waals surface area contributed by atoms with Gasteiger partial charge in [0.25, 0.3) is 0 Å². The van der Waals surface area contributed by atoms with E-state index in [0.29, 0.717) is 5.56 Å². The van der Waals surface area contributed by atoms with Crippen molar-refractivity contribution in [2.75, 3.05) is 18.9 Å². The van der Waals surface area contributed by atoms with E-state index in [0.717, 1.165) is 16.4 Å². The van der Waals surface area contributed by atoms with Crippen LogP contribution >= 0.6 is 0 Å². The van der Waals surface area contributed by atoms with E-state index in [2.05, 4.69) is 0 Å². The van der Waals surface area contributed by atoms with Crippen molar-refractivity contribution >= 4 is 10.0 Å². The zero-order valence-corrected chi connectivity index (χ0v) is 13.9. The molecule has 1 saturated heterocycles. The third-order valence-electron chi connectivity index (χ3n) is 3.71. The predicted molar refractivity (Wildman–Crippen MR) is 81.3 cm³/mol. The molecule has 1 aromatic carbocycles. The number of hydrogen-bond acceptors (Lipinski definition) is 4. The molecule has 0 aromatic heterocycles. The van der Waals surface area contributed by atoms with Crippen LogP contribution in [0, 0.1) is 11.6 Å². The van der Waals surface area contributed by atoms with E-state index in [1.54, 1.807) is 13.8 Å². The van der Waals surface area contributed by atoms with Crippen LogP contribution in [0.1, 0.15) is 31.9 Å². The second kappa shape index (κ2) is 7.21. The molecule has 0 unspecified atom stereocenters. The van der Waals surface area contributed by atoms with Gasteiger partial charge in [-0.3, -0.25) is 0 Å². The van der Waals surface area contributed by atoms with Crippen LogP contribution in [-0.4, -0.2) is 48.9 Å². The van der Waals surface area contributed by atoms with E-state index in [-0.39, 0.29) is 31.4 Å². The average Bonchev–Trinajstić information content (AvgIpc) is 2.84. The van der Waals surface area contributed by atoms with Gasteiger partial charge in [0.1, 0.15) is 0 Å². The molecule has 1 aliphatic rings. The Balaban J connectivity index is 2.20. The smallest absolute Gasteiger partial charge is 0.217 e. The number of hydrogen-bond donors (Lipinski definition) is 1. The third kappa shape index (κ3) is 4.47. The lowest BCUT2D eigenvalue weighted by atomic mass is 10.0. The van der Waals surface area contributed by atoms with Crippen LogP contribution in [0.5, 0.6) is 0 Å². The summed E-state index contributed by atoms with van der Waals surface area (Å²) in [7, 11) is -3.68. The molecule has 0 radical (unpaired) electrons. The zero-order chi connectivity index (χ0) is 17.2. The standard InChI is InChI=1S/C15H21F2NO4S/c1-10(2)22-5-6-23(20,21)18-9-12(19)8-15(18)11-3-4-13(16)14(17)7-11/h3-4,7,10,12,15,19H,5-6,8-9H2,1-2H3/t12-,15-/m0/s1. The Bertz CT molecular complexity index is 651. The van der Waals surface area contributed by atoms with Crippen LogP contribution in [0.3, 0.4) is 0 Å². The fourth-order valence-electron chi connectivity index (χ4n) is 2.62. The summed E-state index contributed by atoms with van der Waals surface area (Å²) < 4.78 is 57.8. The second-order valence-corrected chi connectivity index (χ2v) is 7.93. The fourth-order valence-corrected chi connectivity index (χ4v) is 4.16. The molecular weight excluding hydrogens is 328 g/mol.